The van der Waals surface area contributed by atoms with Crippen molar-refractivity contribution in [3.05, 3.63) is 44.9 Å². The van der Waals surface area contributed by atoms with E-state index in [1.807, 2.05) is 25.1 Å². The normalized spacial score (nSPS) is 10.3. The van der Waals surface area contributed by atoms with Crippen molar-refractivity contribution in [3.8, 4) is 0 Å². The van der Waals surface area contributed by atoms with Crippen LogP contribution in [-0.4, -0.2) is 16.1 Å². The van der Waals surface area contributed by atoms with Gasteiger partial charge in [0.15, 0.2) is 5.13 Å². The molecule has 1 heterocycles. The fourth-order valence-electron chi connectivity index (χ4n) is 1.46. The Balaban J connectivity index is 2.06. The lowest BCUT2D eigenvalue weighted by Crippen LogP contribution is -2.00. The van der Waals surface area contributed by atoms with E-state index in [0.717, 1.165) is 21.4 Å². The predicted molar refractivity (Wildman–Crippen MR) is 75.3 cm³/mol. The number of carboxylic acids is 1. The number of aryl methyl sites for hydroxylation is 1. The first-order chi connectivity index (χ1) is 8.56. The van der Waals surface area contributed by atoms with Crippen molar-refractivity contribution in [3.63, 3.8) is 0 Å². The number of carboxylic acid groups (broad SMARTS) is 1. The number of thiazole rings is 1. The van der Waals surface area contributed by atoms with Crippen LogP contribution in [0.3, 0.4) is 0 Å². The first kappa shape index (κ1) is 13.0. The second-order valence-corrected chi connectivity index (χ2v) is 5.71. The van der Waals surface area contributed by atoms with Crippen LogP contribution in [-0.2, 0) is 6.54 Å². The molecule has 1 aromatic heterocycles. The molecule has 2 N–H and O–H groups in total. The average molecular weight is 327 g/mol. The standard InChI is InChI=1S/C12H11BrN2O2S/c1-7-2-3-9(13)4-8(7)5-14-12-15-6-10(18-12)11(16)17/h2-4,6H,5H2,1H3,(H,14,15)(H,16,17). The van der Waals surface area contributed by atoms with Gasteiger partial charge in [0.25, 0.3) is 0 Å². The molecule has 2 rings (SSSR count). The number of nitrogens with zero attached hydrogens (tertiary/aromatic N) is 1. The van der Waals surface area contributed by atoms with Gasteiger partial charge in [-0.25, -0.2) is 9.78 Å². The van der Waals surface area contributed by atoms with Gasteiger partial charge in [0, 0.05) is 11.0 Å². The van der Waals surface area contributed by atoms with Gasteiger partial charge in [-0.05, 0) is 30.2 Å². The highest BCUT2D eigenvalue weighted by atomic mass is 79.9. The Morgan fingerprint density at radius 3 is 3.00 bits per heavy atom. The second kappa shape index (κ2) is 5.49. The van der Waals surface area contributed by atoms with Crippen molar-refractivity contribution in [2.45, 2.75) is 13.5 Å². The van der Waals surface area contributed by atoms with E-state index in [0.29, 0.717) is 11.7 Å². The van der Waals surface area contributed by atoms with Crippen LogP contribution in [0.25, 0.3) is 0 Å². The Bertz CT molecular complexity index is 583. The quantitative estimate of drug-likeness (QED) is 0.902. The molecule has 0 atom stereocenters. The maximum Gasteiger partial charge on any atom is 0.347 e. The van der Waals surface area contributed by atoms with Crippen LogP contribution in [0.15, 0.2) is 28.9 Å². The summed E-state index contributed by atoms with van der Waals surface area (Å²) in [7, 11) is 0. The fourth-order valence-corrected chi connectivity index (χ4v) is 2.52. The zero-order valence-corrected chi connectivity index (χ0v) is 12.0. The first-order valence-electron chi connectivity index (χ1n) is 5.24. The Morgan fingerprint density at radius 2 is 2.33 bits per heavy atom. The van der Waals surface area contributed by atoms with E-state index < -0.39 is 5.97 Å². The minimum absolute atomic E-state index is 0.239. The van der Waals surface area contributed by atoms with Crippen molar-refractivity contribution in [1.82, 2.24) is 4.98 Å². The third-order valence-corrected chi connectivity index (χ3v) is 3.89. The zero-order chi connectivity index (χ0) is 13.1. The maximum atomic E-state index is 10.7. The minimum atomic E-state index is -0.945. The minimum Gasteiger partial charge on any atom is -0.477 e. The van der Waals surface area contributed by atoms with E-state index in [1.165, 1.54) is 11.8 Å². The zero-order valence-electron chi connectivity index (χ0n) is 9.61. The molecule has 0 bridgehead atoms. The second-order valence-electron chi connectivity index (χ2n) is 3.76. The van der Waals surface area contributed by atoms with Crippen molar-refractivity contribution in [2.75, 3.05) is 5.32 Å². The van der Waals surface area contributed by atoms with Crippen LogP contribution in [0.1, 0.15) is 20.8 Å². The Morgan fingerprint density at radius 1 is 1.56 bits per heavy atom. The SMILES string of the molecule is Cc1ccc(Br)cc1CNc1ncc(C(=O)O)s1. The summed E-state index contributed by atoms with van der Waals surface area (Å²) in [5, 5.41) is 12.5. The summed E-state index contributed by atoms with van der Waals surface area (Å²) in [6.07, 6.45) is 1.36. The lowest BCUT2D eigenvalue weighted by Gasteiger charge is -2.07. The van der Waals surface area contributed by atoms with Crippen LogP contribution in [0.5, 0.6) is 0 Å². The summed E-state index contributed by atoms with van der Waals surface area (Å²) >= 11 is 4.56. The number of carbonyl (C=O) groups is 1. The van der Waals surface area contributed by atoms with Crippen LogP contribution < -0.4 is 5.32 Å². The molecule has 0 spiro atoms. The van der Waals surface area contributed by atoms with E-state index in [9.17, 15) is 4.79 Å². The van der Waals surface area contributed by atoms with Crippen molar-refractivity contribution in [2.24, 2.45) is 0 Å². The first-order valence-corrected chi connectivity index (χ1v) is 6.85. The molecule has 1 aromatic carbocycles. The molecule has 94 valence electrons. The highest BCUT2D eigenvalue weighted by Gasteiger charge is 2.08. The molecule has 0 aliphatic rings. The summed E-state index contributed by atoms with van der Waals surface area (Å²) in [4.78, 5) is 15.0. The lowest BCUT2D eigenvalue weighted by atomic mass is 10.1. The molecule has 0 saturated carbocycles. The lowest BCUT2D eigenvalue weighted by molar-refractivity contribution is 0.0702. The van der Waals surface area contributed by atoms with Crippen LogP contribution in [0, 0.1) is 6.92 Å². The van der Waals surface area contributed by atoms with Crippen molar-refractivity contribution in [1.29, 1.82) is 0 Å². The van der Waals surface area contributed by atoms with E-state index in [1.54, 1.807) is 0 Å². The molecular formula is C12H11BrN2O2S. The van der Waals surface area contributed by atoms with Crippen molar-refractivity contribution < 1.29 is 9.90 Å². The van der Waals surface area contributed by atoms with E-state index in [2.05, 4.69) is 26.2 Å². The molecule has 0 unspecified atom stereocenters. The summed E-state index contributed by atoms with van der Waals surface area (Å²) < 4.78 is 1.02. The van der Waals surface area contributed by atoms with E-state index >= 15 is 0 Å². The number of nitrogens with one attached hydrogen (secondary N) is 1. The maximum absolute atomic E-state index is 10.7. The molecule has 4 nitrogen and oxygen atoms in total. The molecule has 0 amide bonds. The Kier molecular flexibility index (Phi) is 3.98. The highest BCUT2D eigenvalue weighted by Crippen LogP contribution is 2.21. The van der Waals surface area contributed by atoms with Gasteiger partial charge in [-0.3, -0.25) is 0 Å². The van der Waals surface area contributed by atoms with Gasteiger partial charge >= 0.3 is 5.97 Å². The van der Waals surface area contributed by atoms with Gasteiger partial charge in [-0.2, -0.15) is 0 Å². The molecule has 18 heavy (non-hydrogen) atoms. The average Bonchev–Trinajstić information content (AvgIpc) is 2.79. The molecule has 6 heteroatoms. The Labute approximate surface area is 117 Å². The van der Waals surface area contributed by atoms with Crippen LogP contribution in [0.2, 0.25) is 0 Å². The van der Waals surface area contributed by atoms with Gasteiger partial charge in [-0.15, -0.1) is 0 Å². The smallest absolute Gasteiger partial charge is 0.347 e. The van der Waals surface area contributed by atoms with Gasteiger partial charge in [0.1, 0.15) is 4.88 Å². The summed E-state index contributed by atoms with van der Waals surface area (Å²) in [5.41, 5.74) is 2.33. The number of hydrogen-bond donors (Lipinski definition) is 2. The van der Waals surface area contributed by atoms with E-state index in [4.69, 9.17) is 5.11 Å². The molecule has 0 aliphatic heterocycles. The van der Waals surface area contributed by atoms with Crippen LogP contribution in [0.4, 0.5) is 5.13 Å². The number of halogens is 1. The molecule has 0 aliphatic carbocycles. The topological polar surface area (TPSA) is 62.2 Å². The third-order valence-electron chi connectivity index (χ3n) is 2.46. The van der Waals surface area contributed by atoms with Gasteiger partial charge in [0.2, 0.25) is 0 Å². The number of aromatic nitrogens is 1. The van der Waals surface area contributed by atoms with Gasteiger partial charge < -0.3 is 10.4 Å². The highest BCUT2D eigenvalue weighted by molar-refractivity contribution is 9.10. The molecule has 2 aromatic rings. The number of rotatable bonds is 4. The molecule has 0 radical (unpaired) electrons. The van der Waals surface area contributed by atoms with Crippen LogP contribution >= 0.6 is 27.3 Å². The number of aromatic carboxylic acids is 1. The Hall–Kier alpha value is -1.40. The predicted octanol–water partition coefficient (Wildman–Crippen LogP) is 3.52. The third kappa shape index (κ3) is 3.08. The molecule has 0 fully saturated rings. The fraction of sp³-hybridized carbons (Fsp3) is 0.167. The molecular weight excluding hydrogens is 316 g/mol. The van der Waals surface area contributed by atoms with Gasteiger partial charge in [0.05, 0.1) is 6.20 Å². The monoisotopic (exact) mass is 326 g/mol. The van der Waals surface area contributed by atoms with E-state index in [-0.39, 0.29) is 4.88 Å². The molecule has 0 saturated heterocycles. The summed E-state index contributed by atoms with van der Waals surface area (Å²) in [5.74, 6) is -0.945. The number of hydrogen-bond acceptors (Lipinski definition) is 4. The van der Waals surface area contributed by atoms with Crippen molar-refractivity contribution >= 4 is 38.4 Å². The number of benzene rings is 1. The largest absolute Gasteiger partial charge is 0.477 e. The van der Waals surface area contributed by atoms with Gasteiger partial charge in [-0.1, -0.05) is 33.3 Å². The number of anilines is 1. The summed E-state index contributed by atoms with van der Waals surface area (Å²) in [6, 6.07) is 6.06. The summed E-state index contributed by atoms with van der Waals surface area (Å²) in [6.45, 7) is 2.66.